The highest BCUT2D eigenvalue weighted by Gasteiger charge is 2.14. The molecule has 0 bridgehead atoms. The molecule has 0 aliphatic carbocycles. The zero-order valence-corrected chi connectivity index (χ0v) is 11.8. The molecule has 112 valence electrons. The molecule has 2 aromatic rings. The molecule has 0 radical (unpaired) electrons. The number of hydrazine groups is 1. The Kier molecular flexibility index (Phi) is 5.22. The predicted molar refractivity (Wildman–Crippen MR) is 76.3 cm³/mol. The van der Waals surface area contributed by atoms with Crippen LogP contribution in [-0.4, -0.2) is 6.04 Å². The minimum absolute atomic E-state index is 0.232. The van der Waals surface area contributed by atoms with Gasteiger partial charge < -0.3 is 0 Å². The highest BCUT2D eigenvalue weighted by molar-refractivity contribution is 6.31. The fourth-order valence-electron chi connectivity index (χ4n) is 2.11. The molecule has 1 unspecified atom stereocenters. The van der Waals surface area contributed by atoms with E-state index in [4.69, 9.17) is 17.4 Å². The van der Waals surface area contributed by atoms with Crippen LogP contribution in [0.4, 0.5) is 13.2 Å². The molecule has 0 fully saturated rings. The van der Waals surface area contributed by atoms with Crippen molar-refractivity contribution < 1.29 is 13.2 Å². The van der Waals surface area contributed by atoms with Gasteiger partial charge in [-0.3, -0.25) is 11.3 Å². The molecule has 0 aromatic heterocycles. The van der Waals surface area contributed by atoms with Gasteiger partial charge in [0.25, 0.3) is 0 Å². The predicted octanol–water partition coefficient (Wildman–Crippen LogP) is 3.37. The Morgan fingerprint density at radius 2 is 1.57 bits per heavy atom. The van der Waals surface area contributed by atoms with E-state index in [1.807, 2.05) is 0 Å². The van der Waals surface area contributed by atoms with Crippen molar-refractivity contribution in [2.75, 3.05) is 0 Å². The molecule has 1 atom stereocenters. The molecule has 0 aliphatic heterocycles. The van der Waals surface area contributed by atoms with Crippen molar-refractivity contribution in [3.63, 3.8) is 0 Å². The smallest absolute Gasteiger partial charge is 0.129 e. The summed E-state index contributed by atoms with van der Waals surface area (Å²) in [6, 6.07) is 7.04. The summed E-state index contributed by atoms with van der Waals surface area (Å²) >= 11 is 5.99. The summed E-state index contributed by atoms with van der Waals surface area (Å²) in [5, 5.41) is 0.413. The molecule has 0 heterocycles. The van der Waals surface area contributed by atoms with Gasteiger partial charge in [0, 0.05) is 17.1 Å². The summed E-state index contributed by atoms with van der Waals surface area (Å²) in [5.41, 5.74) is 3.44. The van der Waals surface area contributed by atoms with Gasteiger partial charge >= 0.3 is 0 Å². The standard InChI is InChI=1S/C15H14ClF3N2/c16-14-4-3-11(17)5-10(14)7-13(21-20)6-9-1-2-12(18)8-15(9)19/h1-5,8,13,21H,6-7,20H2. The maximum atomic E-state index is 13.6. The van der Waals surface area contributed by atoms with E-state index >= 15 is 0 Å². The van der Waals surface area contributed by atoms with Gasteiger partial charge in [-0.05, 0) is 48.2 Å². The van der Waals surface area contributed by atoms with E-state index < -0.39 is 17.5 Å². The lowest BCUT2D eigenvalue weighted by molar-refractivity contribution is 0.501. The van der Waals surface area contributed by atoms with Gasteiger partial charge in [0.15, 0.2) is 0 Å². The van der Waals surface area contributed by atoms with Crippen LogP contribution in [0.2, 0.25) is 5.02 Å². The van der Waals surface area contributed by atoms with Gasteiger partial charge in [0.1, 0.15) is 17.5 Å². The number of benzene rings is 2. The number of halogens is 4. The van der Waals surface area contributed by atoms with E-state index in [0.717, 1.165) is 6.07 Å². The van der Waals surface area contributed by atoms with Crippen LogP contribution in [0, 0.1) is 17.5 Å². The van der Waals surface area contributed by atoms with Crippen molar-refractivity contribution in [3.8, 4) is 0 Å². The largest absolute Gasteiger partial charge is 0.271 e. The van der Waals surface area contributed by atoms with Gasteiger partial charge in [0.2, 0.25) is 0 Å². The van der Waals surface area contributed by atoms with Crippen molar-refractivity contribution in [3.05, 3.63) is 70.0 Å². The minimum Gasteiger partial charge on any atom is -0.271 e. The minimum atomic E-state index is -0.638. The molecule has 0 saturated carbocycles. The maximum absolute atomic E-state index is 13.6. The zero-order valence-electron chi connectivity index (χ0n) is 11.0. The summed E-state index contributed by atoms with van der Waals surface area (Å²) in [4.78, 5) is 0. The van der Waals surface area contributed by atoms with Crippen LogP contribution in [-0.2, 0) is 12.8 Å². The van der Waals surface area contributed by atoms with Gasteiger partial charge in [-0.15, -0.1) is 0 Å². The van der Waals surface area contributed by atoms with Crippen LogP contribution in [0.15, 0.2) is 36.4 Å². The number of nitrogens with two attached hydrogens (primary N) is 1. The molecule has 21 heavy (non-hydrogen) atoms. The third-order valence-electron chi connectivity index (χ3n) is 3.19. The normalized spacial score (nSPS) is 12.4. The quantitative estimate of drug-likeness (QED) is 0.656. The molecular weight excluding hydrogens is 301 g/mol. The lowest BCUT2D eigenvalue weighted by Gasteiger charge is -2.17. The highest BCUT2D eigenvalue weighted by Crippen LogP contribution is 2.20. The average Bonchev–Trinajstić information content (AvgIpc) is 2.44. The van der Waals surface area contributed by atoms with Crippen molar-refractivity contribution >= 4 is 11.6 Å². The SMILES string of the molecule is NNC(Cc1ccc(F)cc1F)Cc1cc(F)ccc1Cl. The van der Waals surface area contributed by atoms with Crippen molar-refractivity contribution in [2.24, 2.45) is 5.84 Å². The fraction of sp³-hybridized carbons (Fsp3) is 0.200. The molecule has 0 saturated heterocycles. The molecule has 2 nitrogen and oxygen atoms in total. The second-order valence-electron chi connectivity index (χ2n) is 4.74. The number of hydrogen-bond acceptors (Lipinski definition) is 2. The molecule has 6 heteroatoms. The third kappa shape index (κ3) is 4.20. The molecule has 2 aromatic carbocycles. The molecule has 0 spiro atoms. The topological polar surface area (TPSA) is 38.0 Å². The van der Waals surface area contributed by atoms with E-state index in [1.54, 1.807) is 0 Å². The van der Waals surface area contributed by atoms with Gasteiger partial charge in [0.05, 0.1) is 0 Å². The van der Waals surface area contributed by atoms with E-state index in [2.05, 4.69) is 5.43 Å². The van der Waals surface area contributed by atoms with Gasteiger partial charge in [-0.25, -0.2) is 13.2 Å². The fourth-order valence-corrected chi connectivity index (χ4v) is 2.30. The first-order valence-corrected chi connectivity index (χ1v) is 6.71. The monoisotopic (exact) mass is 314 g/mol. The Bertz CT molecular complexity index is 634. The van der Waals surface area contributed by atoms with Crippen molar-refractivity contribution in [2.45, 2.75) is 18.9 Å². The second-order valence-corrected chi connectivity index (χ2v) is 5.15. The number of hydrogen-bond donors (Lipinski definition) is 2. The lowest BCUT2D eigenvalue weighted by atomic mass is 9.99. The van der Waals surface area contributed by atoms with Crippen LogP contribution in [0.3, 0.4) is 0 Å². The highest BCUT2D eigenvalue weighted by atomic mass is 35.5. The van der Waals surface area contributed by atoms with E-state index in [0.29, 0.717) is 22.6 Å². The molecular formula is C15H14ClF3N2. The molecule has 2 rings (SSSR count). The first kappa shape index (κ1) is 15.8. The van der Waals surface area contributed by atoms with Crippen LogP contribution in [0.1, 0.15) is 11.1 Å². The average molecular weight is 315 g/mol. The number of rotatable bonds is 5. The van der Waals surface area contributed by atoms with Gasteiger partial charge in [-0.1, -0.05) is 17.7 Å². The van der Waals surface area contributed by atoms with Crippen LogP contribution < -0.4 is 11.3 Å². The Morgan fingerprint density at radius 1 is 0.952 bits per heavy atom. The van der Waals surface area contributed by atoms with Crippen LogP contribution in [0.5, 0.6) is 0 Å². The van der Waals surface area contributed by atoms with Crippen molar-refractivity contribution in [1.29, 1.82) is 0 Å². The summed E-state index contributed by atoms with van der Waals surface area (Å²) in [5.74, 6) is 3.77. The molecule has 0 aliphatic rings. The Labute approximate surface area is 125 Å². The van der Waals surface area contributed by atoms with E-state index in [-0.39, 0.29) is 12.5 Å². The maximum Gasteiger partial charge on any atom is 0.129 e. The van der Waals surface area contributed by atoms with E-state index in [9.17, 15) is 13.2 Å². The lowest BCUT2D eigenvalue weighted by Crippen LogP contribution is -2.38. The Morgan fingerprint density at radius 3 is 2.24 bits per heavy atom. The molecule has 0 amide bonds. The summed E-state index contributed by atoms with van der Waals surface area (Å²) in [6.07, 6.45) is 0.555. The first-order valence-electron chi connectivity index (χ1n) is 6.33. The first-order chi connectivity index (χ1) is 9.99. The summed E-state index contributed by atoms with van der Waals surface area (Å²) in [7, 11) is 0. The summed E-state index contributed by atoms with van der Waals surface area (Å²) < 4.78 is 39.7. The van der Waals surface area contributed by atoms with Crippen LogP contribution >= 0.6 is 11.6 Å². The van der Waals surface area contributed by atoms with Crippen molar-refractivity contribution in [1.82, 2.24) is 5.43 Å². The Balaban J connectivity index is 2.14. The Hall–Kier alpha value is -1.56. The number of nitrogens with one attached hydrogen (secondary N) is 1. The van der Waals surface area contributed by atoms with E-state index in [1.165, 1.54) is 30.3 Å². The molecule has 3 N–H and O–H groups in total. The van der Waals surface area contributed by atoms with Gasteiger partial charge in [-0.2, -0.15) is 0 Å². The zero-order chi connectivity index (χ0) is 15.4. The summed E-state index contributed by atoms with van der Waals surface area (Å²) in [6.45, 7) is 0. The third-order valence-corrected chi connectivity index (χ3v) is 3.56. The second kappa shape index (κ2) is 6.93. The van der Waals surface area contributed by atoms with Crippen LogP contribution in [0.25, 0.3) is 0 Å².